The molecule has 0 saturated carbocycles. The second-order valence-corrected chi connectivity index (χ2v) is 5.53. The lowest BCUT2D eigenvalue weighted by atomic mass is 10.1. The molecule has 1 aromatic heterocycles. The minimum atomic E-state index is -0.295. The molecule has 0 aliphatic heterocycles. The van der Waals surface area contributed by atoms with Crippen molar-refractivity contribution in [1.82, 2.24) is 5.32 Å². The second-order valence-electron chi connectivity index (χ2n) is 5.53. The quantitative estimate of drug-likeness (QED) is 0.867. The van der Waals surface area contributed by atoms with Gasteiger partial charge in [-0.15, -0.1) is 0 Å². The number of rotatable bonds is 5. The Morgan fingerprint density at radius 3 is 2.42 bits per heavy atom. The van der Waals surface area contributed by atoms with E-state index in [9.17, 15) is 5.11 Å². The van der Waals surface area contributed by atoms with E-state index in [1.807, 2.05) is 26.0 Å². The van der Waals surface area contributed by atoms with Crippen LogP contribution in [-0.4, -0.2) is 17.3 Å². The molecule has 2 N–H and O–H groups in total. The molecule has 2 aromatic rings. The van der Waals surface area contributed by atoms with Crippen LogP contribution in [-0.2, 0) is 6.54 Å². The molecule has 0 radical (unpaired) electrons. The first-order valence-electron chi connectivity index (χ1n) is 6.52. The van der Waals surface area contributed by atoms with E-state index in [-0.39, 0.29) is 12.1 Å². The molecule has 0 spiro atoms. The van der Waals surface area contributed by atoms with Gasteiger partial charge in [-0.1, -0.05) is 29.8 Å². The molecule has 3 nitrogen and oxygen atoms in total. The number of furan rings is 1. The van der Waals surface area contributed by atoms with Crippen LogP contribution in [0.2, 0.25) is 0 Å². The molecular formula is C16H21NO2. The first-order valence-corrected chi connectivity index (χ1v) is 6.52. The fourth-order valence-electron chi connectivity index (χ4n) is 1.73. The molecule has 1 aromatic carbocycles. The van der Waals surface area contributed by atoms with Crippen molar-refractivity contribution in [3.63, 3.8) is 0 Å². The Bertz CT molecular complexity index is 526. The predicted octanol–water partition coefficient (Wildman–Crippen LogP) is 3.12. The van der Waals surface area contributed by atoms with E-state index in [0.29, 0.717) is 6.54 Å². The van der Waals surface area contributed by atoms with Crippen molar-refractivity contribution in [3.05, 3.63) is 47.7 Å². The van der Waals surface area contributed by atoms with Crippen LogP contribution >= 0.6 is 0 Å². The molecule has 0 saturated heterocycles. The Morgan fingerprint density at radius 1 is 1.11 bits per heavy atom. The minimum absolute atomic E-state index is 0.0958. The van der Waals surface area contributed by atoms with Gasteiger partial charge >= 0.3 is 0 Å². The van der Waals surface area contributed by atoms with Crippen molar-refractivity contribution < 1.29 is 9.52 Å². The van der Waals surface area contributed by atoms with E-state index < -0.39 is 0 Å². The summed E-state index contributed by atoms with van der Waals surface area (Å²) in [5.41, 5.74) is 2.02. The summed E-state index contributed by atoms with van der Waals surface area (Å²) < 4.78 is 5.81. The van der Waals surface area contributed by atoms with Gasteiger partial charge in [0.25, 0.3) is 0 Å². The van der Waals surface area contributed by atoms with Crippen LogP contribution in [0.15, 0.2) is 40.8 Å². The van der Waals surface area contributed by atoms with Crippen molar-refractivity contribution in [2.24, 2.45) is 0 Å². The van der Waals surface area contributed by atoms with E-state index in [1.54, 1.807) is 0 Å². The second kappa shape index (κ2) is 5.59. The average molecular weight is 259 g/mol. The molecule has 1 heterocycles. The van der Waals surface area contributed by atoms with Crippen LogP contribution in [0, 0.1) is 6.92 Å². The summed E-state index contributed by atoms with van der Waals surface area (Å²) >= 11 is 0. The van der Waals surface area contributed by atoms with Gasteiger partial charge in [-0.2, -0.15) is 0 Å². The van der Waals surface area contributed by atoms with Gasteiger partial charge in [-0.05, 0) is 32.9 Å². The molecule has 0 aliphatic carbocycles. The molecule has 0 unspecified atom stereocenters. The van der Waals surface area contributed by atoms with Gasteiger partial charge in [0.1, 0.15) is 11.5 Å². The summed E-state index contributed by atoms with van der Waals surface area (Å²) in [7, 11) is 0. The first-order chi connectivity index (χ1) is 9.00. The van der Waals surface area contributed by atoms with Gasteiger partial charge in [0.2, 0.25) is 0 Å². The topological polar surface area (TPSA) is 45.4 Å². The maximum atomic E-state index is 9.19. The molecule has 0 amide bonds. The third-order valence-electron chi connectivity index (χ3n) is 3.13. The SMILES string of the molecule is Cc1ccc(-c2ccc(CNC(C)(C)CO)o2)cc1. The van der Waals surface area contributed by atoms with Crippen molar-refractivity contribution in [3.8, 4) is 11.3 Å². The van der Waals surface area contributed by atoms with E-state index >= 15 is 0 Å². The zero-order valence-electron chi connectivity index (χ0n) is 11.7. The highest BCUT2D eigenvalue weighted by atomic mass is 16.3. The van der Waals surface area contributed by atoms with Gasteiger partial charge in [-0.3, -0.25) is 0 Å². The van der Waals surface area contributed by atoms with E-state index in [1.165, 1.54) is 5.56 Å². The smallest absolute Gasteiger partial charge is 0.134 e. The summed E-state index contributed by atoms with van der Waals surface area (Å²) in [6, 6.07) is 12.2. The van der Waals surface area contributed by atoms with Gasteiger partial charge in [-0.25, -0.2) is 0 Å². The molecule has 3 heteroatoms. The molecule has 0 atom stereocenters. The highest BCUT2D eigenvalue weighted by Crippen LogP contribution is 2.22. The van der Waals surface area contributed by atoms with Gasteiger partial charge in [0.15, 0.2) is 0 Å². The molecule has 2 rings (SSSR count). The summed E-state index contributed by atoms with van der Waals surface area (Å²) in [4.78, 5) is 0. The summed E-state index contributed by atoms with van der Waals surface area (Å²) in [5.74, 6) is 1.75. The van der Waals surface area contributed by atoms with Crippen LogP contribution in [0.3, 0.4) is 0 Å². The fourth-order valence-corrected chi connectivity index (χ4v) is 1.73. The Hall–Kier alpha value is -1.58. The number of nitrogens with one attached hydrogen (secondary N) is 1. The summed E-state index contributed by atoms with van der Waals surface area (Å²) in [6.45, 7) is 6.68. The zero-order chi connectivity index (χ0) is 13.9. The van der Waals surface area contributed by atoms with Crippen LogP contribution in [0.1, 0.15) is 25.2 Å². The van der Waals surface area contributed by atoms with Crippen molar-refractivity contribution in [2.75, 3.05) is 6.61 Å². The van der Waals surface area contributed by atoms with E-state index in [2.05, 4.69) is 36.5 Å². The number of hydrogen-bond acceptors (Lipinski definition) is 3. The molecule has 102 valence electrons. The molecule has 0 bridgehead atoms. The third kappa shape index (κ3) is 3.69. The number of aliphatic hydroxyl groups is 1. The van der Waals surface area contributed by atoms with Gasteiger partial charge in [0, 0.05) is 11.1 Å². The lowest BCUT2D eigenvalue weighted by Gasteiger charge is -2.22. The van der Waals surface area contributed by atoms with Crippen molar-refractivity contribution in [1.29, 1.82) is 0 Å². The van der Waals surface area contributed by atoms with E-state index in [0.717, 1.165) is 17.1 Å². The summed E-state index contributed by atoms with van der Waals surface area (Å²) in [6.07, 6.45) is 0. The Kier molecular flexibility index (Phi) is 4.08. The predicted molar refractivity (Wildman–Crippen MR) is 76.9 cm³/mol. The molecule has 19 heavy (non-hydrogen) atoms. The van der Waals surface area contributed by atoms with Crippen LogP contribution in [0.4, 0.5) is 0 Å². The maximum absolute atomic E-state index is 9.19. The largest absolute Gasteiger partial charge is 0.460 e. The van der Waals surface area contributed by atoms with Gasteiger partial charge in [0.05, 0.1) is 13.2 Å². The van der Waals surface area contributed by atoms with E-state index in [4.69, 9.17) is 4.42 Å². The Morgan fingerprint density at radius 2 is 1.79 bits per heavy atom. The van der Waals surface area contributed by atoms with Crippen LogP contribution < -0.4 is 5.32 Å². The highest BCUT2D eigenvalue weighted by molar-refractivity contribution is 5.57. The zero-order valence-corrected chi connectivity index (χ0v) is 11.7. The third-order valence-corrected chi connectivity index (χ3v) is 3.13. The molecule has 0 fully saturated rings. The Labute approximate surface area is 114 Å². The summed E-state index contributed by atoms with van der Waals surface area (Å²) in [5, 5.41) is 12.4. The molecule has 0 aliphatic rings. The van der Waals surface area contributed by atoms with Crippen molar-refractivity contribution >= 4 is 0 Å². The van der Waals surface area contributed by atoms with Crippen LogP contribution in [0.25, 0.3) is 11.3 Å². The lowest BCUT2D eigenvalue weighted by molar-refractivity contribution is 0.184. The van der Waals surface area contributed by atoms with Gasteiger partial charge < -0.3 is 14.8 Å². The number of aryl methyl sites for hydroxylation is 1. The number of benzene rings is 1. The highest BCUT2D eigenvalue weighted by Gasteiger charge is 2.15. The number of hydrogen-bond donors (Lipinski definition) is 2. The molecular weight excluding hydrogens is 238 g/mol. The standard InChI is InChI=1S/C16H21NO2/c1-12-4-6-13(7-5-12)15-9-8-14(19-15)10-17-16(2,3)11-18/h4-9,17-18H,10-11H2,1-3H3. The Balaban J connectivity index is 2.05. The maximum Gasteiger partial charge on any atom is 0.134 e. The normalized spacial score (nSPS) is 11.8. The van der Waals surface area contributed by atoms with Crippen molar-refractivity contribution in [2.45, 2.75) is 32.9 Å². The fraction of sp³-hybridized carbons (Fsp3) is 0.375. The minimum Gasteiger partial charge on any atom is -0.460 e. The number of aliphatic hydroxyl groups excluding tert-OH is 1. The monoisotopic (exact) mass is 259 g/mol. The average Bonchev–Trinajstić information content (AvgIpc) is 2.86. The first kappa shape index (κ1) is 13.8. The lowest BCUT2D eigenvalue weighted by Crippen LogP contribution is -2.41. The van der Waals surface area contributed by atoms with Crippen LogP contribution in [0.5, 0.6) is 0 Å².